The Morgan fingerprint density at radius 3 is 2.93 bits per heavy atom. The Bertz CT molecular complexity index is 1140. The lowest BCUT2D eigenvalue weighted by atomic mass is 10.1. The van der Waals surface area contributed by atoms with Crippen LogP contribution in [0.25, 0.3) is 11.0 Å². The van der Waals surface area contributed by atoms with Gasteiger partial charge in [0.1, 0.15) is 28.4 Å². The highest BCUT2D eigenvalue weighted by Gasteiger charge is 2.19. The predicted octanol–water partition coefficient (Wildman–Crippen LogP) is 4.07. The van der Waals surface area contributed by atoms with Crippen molar-refractivity contribution in [1.29, 1.82) is 0 Å². The summed E-state index contributed by atoms with van der Waals surface area (Å²) in [5.74, 6) is -1.02. The van der Waals surface area contributed by atoms with Gasteiger partial charge in [0.05, 0.1) is 6.10 Å². The van der Waals surface area contributed by atoms with Gasteiger partial charge in [-0.2, -0.15) is 0 Å². The van der Waals surface area contributed by atoms with Gasteiger partial charge in [-0.1, -0.05) is 11.6 Å². The number of ether oxygens (including phenoxy) is 1. The Morgan fingerprint density at radius 1 is 1.28 bits per heavy atom. The third kappa shape index (κ3) is 4.41. The monoisotopic (exact) mass is 416 g/mol. The minimum Gasteiger partial charge on any atom is -0.508 e. The molecule has 2 aromatic carbocycles. The van der Waals surface area contributed by atoms with Crippen molar-refractivity contribution in [1.82, 2.24) is 5.32 Å². The van der Waals surface area contributed by atoms with Gasteiger partial charge in [-0.05, 0) is 49.2 Å². The Hall–Kier alpha value is -2.90. The van der Waals surface area contributed by atoms with E-state index < -0.39 is 11.7 Å². The lowest BCUT2D eigenvalue weighted by Crippen LogP contribution is -2.34. The first-order chi connectivity index (χ1) is 14.0. The average Bonchev–Trinajstić information content (AvgIpc) is 3.22. The second kappa shape index (κ2) is 8.23. The molecule has 0 radical (unpaired) electrons. The molecule has 0 spiro atoms. The number of halogens is 2. The Kier molecular flexibility index (Phi) is 5.51. The molecule has 1 aliphatic heterocycles. The number of hydrogen-bond acceptors (Lipinski definition) is 5. The second-order valence-corrected chi connectivity index (χ2v) is 7.18. The number of carbonyl (C=O) groups is 1. The van der Waals surface area contributed by atoms with Crippen molar-refractivity contribution in [2.45, 2.75) is 18.9 Å². The summed E-state index contributed by atoms with van der Waals surface area (Å²) in [6.07, 6.45) is 1.82. The molecule has 1 atom stereocenters. The maximum atomic E-state index is 14.2. The smallest absolute Gasteiger partial charge is 0.256 e. The first-order valence-electron chi connectivity index (χ1n) is 9.16. The number of rotatable bonds is 4. The minimum absolute atomic E-state index is 0.00304. The molecule has 8 heteroatoms. The molecule has 4 rings (SSSR count). The number of fused-ring (bicyclic) bond motifs is 1. The minimum atomic E-state index is -0.605. The lowest BCUT2D eigenvalue weighted by molar-refractivity contribution is 0.0854. The zero-order valence-electron chi connectivity index (χ0n) is 15.3. The molecular weight excluding hydrogens is 399 g/mol. The standard InChI is InChI=1S/C21H18ClFN2O4/c22-13-4-6-17(23)18(9-13)25-21-16(20(27)24-11-15-2-1-7-28-15)8-12-3-5-14(26)10-19(12)29-21/h3-6,8-10,15,26H,1-2,7,11H2,(H,24,27)/t15-/m0/s1. The van der Waals surface area contributed by atoms with Crippen LogP contribution in [0.1, 0.15) is 23.2 Å². The highest BCUT2D eigenvalue weighted by molar-refractivity contribution is 6.30. The molecule has 6 nitrogen and oxygen atoms in total. The van der Waals surface area contributed by atoms with Crippen LogP contribution < -0.4 is 10.9 Å². The number of hydrogen-bond donors (Lipinski definition) is 2. The van der Waals surface area contributed by atoms with E-state index in [1.807, 2.05) is 0 Å². The molecule has 1 saturated heterocycles. The largest absolute Gasteiger partial charge is 0.508 e. The van der Waals surface area contributed by atoms with Gasteiger partial charge < -0.3 is 19.6 Å². The lowest BCUT2D eigenvalue weighted by Gasteiger charge is -2.11. The molecule has 29 heavy (non-hydrogen) atoms. The number of phenols is 1. The fourth-order valence-corrected chi connectivity index (χ4v) is 3.31. The average molecular weight is 417 g/mol. The van der Waals surface area contributed by atoms with Gasteiger partial charge in [0.15, 0.2) is 0 Å². The fraction of sp³-hybridized carbons (Fsp3) is 0.238. The van der Waals surface area contributed by atoms with Gasteiger partial charge in [0.25, 0.3) is 5.91 Å². The molecule has 150 valence electrons. The van der Waals surface area contributed by atoms with E-state index in [9.17, 15) is 14.3 Å². The van der Waals surface area contributed by atoms with Gasteiger partial charge in [-0.15, -0.1) is 0 Å². The molecule has 2 heterocycles. The van der Waals surface area contributed by atoms with Gasteiger partial charge in [0.2, 0.25) is 5.55 Å². The summed E-state index contributed by atoms with van der Waals surface area (Å²) in [5.41, 5.74) is 0.297. The van der Waals surface area contributed by atoms with Gasteiger partial charge >= 0.3 is 0 Å². The summed E-state index contributed by atoms with van der Waals surface area (Å²) in [4.78, 5) is 17.0. The third-order valence-corrected chi connectivity index (χ3v) is 4.86. The predicted molar refractivity (Wildman–Crippen MR) is 106 cm³/mol. The molecule has 1 fully saturated rings. The van der Waals surface area contributed by atoms with E-state index in [1.165, 1.54) is 30.3 Å². The summed E-state index contributed by atoms with van der Waals surface area (Å²) in [7, 11) is 0. The number of aromatic hydroxyl groups is 1. The first-order valence-corrected chi connectivity index (χ1v) is 9.54. The van der Waals surface area contributed by atoms with Gasteiger partial charge in [-0.25, -0.2) is 9.38 Å². The van der Waals surface area contributed by atoms with E-state index in [0.717, 1.165) is 12.8 Å². The van der Waals surface area contributed by atoms with Crippen LogP contribution in [0.5, 0.6) is 5.75 Å². The number of nitrogens with zero attached hydrogens (tertiary/aromatic N) is 1. The zero-order chi connectivity index (χ0) is 20.4. The van der Waals surface area contributed by atoms with E-state index in [-0.39, 0.29) is 28.7 Å². The van der Waals surface area contributed by atoms with Crippen LogP contribution in [0.15, 0.2) is 51.9 Å². The molecule has 2 N–H and O–H groups in total. The fourth-order valence-electron chi connectivity index (χ4n) is 3.14. The van der Waals surface area contributed by atoms with Crippen molar-refractivity contribution in [3.05, 3.63) is 64.4 Å². The van der Waals surface area contributed by atoms with Crippen LogP contribution in [0.2, 0.25) is 5.02 Å². The van der Waals surface area contributed by atoms with E-state index in [0.29, 0.717) is 29.1 Å². The van der Waals surface area contributed by atoms with E-state index in [1.54, 1.807) is 12.1 Å². The topological polar surface area (TPSA) is 84.1 Å². The number of carbonyl (C=O) groups excluding carboxylic acids is 1. The molecule has 3 aromatic rings. The summed E-state index contributed by atoms with van der Waals surface area (Å²) in [5, 5.41) is 13.4. The van der Waals surface area contributed by atoms with Crippen molar-refractivity contribution in [2.24, 2.45) is 4.99 Å². The van der Waals surface area contributed by atoms with Crippen LogP contribution in [-0.4, -0.2) is 30.3 Å². The van der Waals surface area contributed by atoms with Crippen molar-refractivity contribution in [3.8, 4) is 5.75 Å². The van der Waals surface area contributed by atoms with Crippen LogP contribution in [0, 0.1) is 5.82 Å². The number of nitrogens with one attached hydrogen (secondary N) is 1. The maximum Gasteiger partial charge on any atom is 0.256 e. The molecular formula is C21H18ClFN2O4. The van der Waals surface area contributed by atoms with E-state index in [2.05, 4.69) is 10.3 Å². The quantitative estimate of drug-likeness (QED) is 0.671. The van der Waals surface area contributed by atoms with Crippen LogP contribution in [-0.2, 0) is 4.74 Å². The second-order valence-electron chi connectivity index (χ2n) is 6.74. The summed E-state index contributed by atoms with van der Waals surface area (Å²) < 4.78 is 25.4. The third-order valence-electron chi connectivity index (χ3n) is 4.62. The van der Waals surface area contributed by atoms with Gasteiger partial charge in [-0.3, -0.25) is 4.79 Å². The maximum absolute atomic E-state index is 14.2. The Morgan fingerprint density at radius 2 is 2.14 bits per heavy atom. The molecule has 0 aliphatic carbocycles. The van der Waals surface area contributed by atoms with E-state index >= 15 is 0 Å². The normalized spacial score (nSPS) is 17.0. The zero-order valence-corrected chi connectivity index (χ0v) is 16.1. The number of benzene rings is 2. The highest BCUT2D eigenvalue weighted by Crippen LogP contribution is 2.23. The molecule has 1 aromatic heterocycles. The van der Waals surface area contributed by atoms with Crippen molar-refractivity contribution < 1.29 is 23.4 Å². The number of phenolic OH excluding ortho intramolecular Hbond substituents is 1. The molecule has 0 unspecified atom stereocenters. The van der Waals surface area contributed by atoms with Crippen molar-refractivity contribution >= 4 is 34.2 Å². The van der Waals surface area contributed by atoms with Crippen molar-refractivity contribution in [2.75, 3.05) is 13.2 Å². The molecule has 0 bridgehead atoms. The summed E-state index contributed by atoms with van der Waals surface area (Å²) in [6, 6.07) is 10.0. The molecule has 1 aliphatic rings. The summed E-state index contributed by atoms with van der Waals surface area (Å²) >= 11 is 5.94. The van der Waals surface area contributed by atoms with Crippen molar-refractivity contribution in [3.63, 3.8) is 0 Å². The van der Waals surface area contributed by atoms with Gasteiger partial charge in [0, 0.05) is 29.6 Å². The van der Waals surface area contributed by atoms with Crippen LogP contribution in [0.4, 0.5) is 10.1 Å². The summed E-state index contributed by atoms with van der Waals surface area (Å²) in [6.45, 7) is 1.04. The SMILES string of the molecule is O=C(NC[C@@H]1CCCO1)c1cc2ccc(O)cc2oc1=Nc1cc(Cl)ccc1F. The highest BCUT2D eigenvalue weighted by atomic mass is 35.5. The Labute approximate surface area is 170 Å². The first kappa shape index (κ1) is 19.4. The molecule has 1 amide bonds. The van der Waals surface area contributed by atoms with Crippen LogP contribution >= 0.6 is 11.6 Å². The molecule has 0 saturated carbocycles. The van der Waals surface area contributed by atoms with Crippen LogP contribution in [0.3, 0.4) is 0 Å². The Balaban J connectivity index is 1.79. The number of amides is 1. The van der Waals surface area contributed by atoms with E-state index in [4.69, 9.17) is 20.8 Å².